The minimum atomic E-state index is 0.224. The van der Waals surface area contributed by atoms with E-state index in [1.54, 1.807) is 11.6 Å². The van der Waals surface area contributed by atoms with Crippen molar-refractivity contribution in [3.8, 4) is 28.4 Å². The monoisotopic (exact) mass is 488 g/mol. The van der Waals surface area contributed by atoms with E-state index in [2.05, 4.69) is 52.9 Å². The Morgan fingerprint density at radius 2 is 1.86 bits per heavy atom. The number of H-pyrrole nitrogens is 1. The highest BCUT2D eigenvalue weighted by atomic mass is 16.5. The molecule has 1 aliphatic heterocycles. The molecule has 0 aliphatic carbocycles. The Hall–Kier alpha value is -3.33. The minimum Gasteiger partial charge on any atom is -0.493 e. The van der Waals surface area contributed by atoms with Crippen molar-refractivity contribution < 1.29 is 4.74 Å². The van der Waals surface area contributed by atoms with Gasteiger partial charge in [-0.2, -0.15) is 10.2 Å². The molecule has 0 radical (unpaired) electrons. The van der Waals surface area contributed by atoms with Gasteiger partial charge in [0.25, 0.3) is 0 Å². The van der Waals surface area contributed by atoms with E-state index in [-0.39, 0.29) is 5.92 Å². The highest BCUT2D eigenvalue weighted by Crippen LogP contribution is 2.37. The molecule has 1 fully saturated rings. The molecule has 0 spiro atoms. The van der Waals surface area contributed by atoms with Crippen LogP contribution in [0.3, 0.4) is 0 Å². The summed E-state index contributed by atoms with van der Waals surface area (Å²) in [6.07, 6.45) is 12.0. The Morgan fingerprint density at radius 1 is 1.08 bits per heavy atom. The number of piperidine rings is 1. The van der Waals surface area contributed by atoms with Crippen LogP contribution in [0.1, 0.15) is 76.5 Å². The standard InChI is InChI=1S/C27H36N8O/c1-6-20(7-2)34-10-8-18(9-11-34)21-13-29-22(14-28-21)26-24(17(3)4)25(32-33-26)19-12-23(36-5)27-30-16-31-35(27)15-19/h12-18,20H,6-11H2,1-5H3,(H,32,33). The molecule has 9 nitrogen and oxygen atoms in total. The van der Waals surface area contributed by atoms with Crippen LogP contribution in [0.2, 0.25) is 0 Å². The highest BCUT2D eigenvalue weighted by molar-refractivity contribution is 5.75. The molecule has 5 heterocycles. The Labute approximate surface area is 212 Å². The largest absolute Gasteiger partial charge is 0.493 e. The maximum absolute atomic E-state index is 5.56. The molecule has 190 valence electrons. The number of hydrogen-bond donors (Lipinski definition) is 1. The molecule has 36 heavy (non-hydrogen) atoms. The van der Waals surface area contributed by atoms with Crippen molar-refractivity contribution >= 4 is 5.65 Å². The van der Waals surface area contributed by atoms with Crippen molar-refractivity contribution in [2.75, 3.05) is 20.2 Å². The zero-order chi connectivity index (χ0) is 25.2. The third-order valence-corrected chi connectivity index (χ3v) is 7.55. The Balaban J connectivity index is 1.40. The quantitative estimate of drug-likeness (QED) is 0.369. The van der Waals surface area contributed by atoms with Crippen LogP contribution in [0.5, 0.6) is 5.75 Å². The van der Waals surface area contributed by atoms with Crippen LogP contribution in [0, 0.1) is 0 Å². The number of aromatic nitrogens is 7. The van der Waals surface area contributed by atoms with Gasteiger partial charge < -0.3 is 9.64 Å². The van der Waals surface area contributed by atoms with E-state index in [0.29, 0.717) is 23.4 Å². The molecule has 1 aliphatic rings. The molecule has 0 bridgehead atoms. The zero-order valence-corrected chi connectivity index (χ0v) is 21.9. The SMILES string of the molecule is CCC(CC)N1CCC(c2cnc(-c3[nH]nc(-c4cc(OC)c5ncnn5c4)c3C(C)C)cn2)CC1. The average Bonchev–Trinajstić information content (AvgIpc) is 3.57. The van der Waals surface area contributed by atoms with Gasteiger partial charge in [-0.05, 0) is 50.8 Å². The molecule has 1 saturated heterocycles. The fourth-order valence-electron chi connectivity index (χ4n) is 5.55. The summed E-state index contributed by atoms with van der Waals surface area (Å²) in [5, 5.41) is 12.2. The van der Waals surface area contributed by atoms with Gasteiger partial charge in [0.05, 0.1) is 30.4 Å². The van der Waals surface area contributed by atoms with Gasteiger partial charge in [0.2, 0.25) is 0 Å². The van der Waals surface area contributed by atoms with Gasteiger partial charge in [-0.15, -0.1) is 0 Å². The Bertz CT molecular complexity index is 1300. The second-order valence-corrected chi connectivity index (χ2v) is 9.95. The van der Waals surface area contributed by atoms with E-state index in [4.69, 9.17) is 14.7 Å². The lowest BCUT2D eigenvalue weighted by molar-refractivity contribution is 0.143. The van der Waals surface area contributed by atoms with E-state index in [1.807, 2.05) is 24.7 Å². The average molecular weight is 489 g/mol. The summed E-state index contributed by atoms with van der Waals surface area (Å²) in [7, 11) is 1.64. The van der Waals surface area contributed by atoms with Crippen LogP contribution in [0.15, 0.2) is 31.0 Å². The Morgan fingerprint density at radius 3 is 2.50 bits per heavy atom. The third-order valence-electron chi connectivity index (χ3n) is 7.55. The fraction of sp³-hybridized carbons (Fsp3) is 0.519. The van der Waals surface area contributed by atoms with Crippen molar-refractivity contribution in [3.63, 3.8) is 0 Å². The van der Waals surface area contributed by atoms with Crippen LogP contribution >= 0.6 is 0 Å². The summed E-state index contributed by atoms with van der Waals surface area (Å²) in [5.41, 5.74) is 6.34. The van der Waals surface area contributed by atoms with Crippen LogP contribution in [-0.4, -0.2) is 65.9 Å². The highest BCUT2D eigenvalue weighted by Gasteiger charge is 2.26. The number of hydrogen-bond acceptors (Lipinski definition) is 7. The van der Waals surface area contributed by atoms with Crippen molar-refractivity contribution in [2.45, 2.75) is 71.3 Å². The summed E-state index contributed by atoms with van der Waals surface area (Å²) >= 11 is 0. The van der Waals surface area contributed by atoms with Gasteiger partial charge in [0.15, 0.2) is 11.4 Å². The van der Waals surface area contributed by atoms with E-state index < -0.39 is 0 Å². The third kappa shape index (κ3) is 4.48. The van der Waals surface area contributed by atoms with Crippen molar-refractivity contribution in [1.29, 1.82) is 0 Å². The number of ether oxygens (including phenoxy) is 1. The maximum atomic E-state index is 5.56. The van der Waals surface area contributed by atoms with Gasteiger partial charge in [-0.3, -0.25) is 15.1 Å². The van der Waals surface area contributed by atoms with Gasteiger partial charge in [0.1, 0.15) is 12.0 Å². The summed E-state index contributed by atoms with van der Waals surface area (Å²) < 4.78 is 7.27. The number of aromatic amines is 1. The van der Waals surface area contributed by atoms with Crippen LogP contribution in [-0.2, 0) is 0 Å². The minimum absolute atomic E-state index is 0.224. The number of fused-ring (bicyclic) bond motifs is 1. The predicted octanol–water partition coefficient (Wildman–Crippen LogP) is 5.08. The lowest BCUT2D eigenvalue weighted by Gasteiger charge is -2.36. The zero-order valence-electron chi connectivity index (χ0n) is 21.9. The first kappa shape index (κ1) is 24.4. The number of methoxy groups -OCH3 is 1. The summed E-state index contributed by atoms with van der Waals surface area (Å²) in [6, 6.07) is 2.66. The van der Waals surface area contributed by atoms with Crippen molar-refractivity contribution in [2.24, 2.45) is 0 Å². The molecule has 0 amide bonds. The molecule has 9 heteroatoms. The number of nitrogens with one attached hydrogen (secondary N) is 1. The summed E-state index contributed by atoms with van der Waals surface area (Å²) in [4.78, 5) is 16.6. The molecule has 0 atom stereocenters. The summed E-state index contributed by atoms with van der Waals surface area (Å²) in [6.45, 7) is 11.2. The van der Waals surface area contributed by atoms with Gasteiger partial charge in [0, 0.05) is 35.5 Å². The number of nitrogens with zero attached hydrogens (tertiary/aromatic N) is 7. The second kappa shape index (κ2) is 10.3. The molecule has 0 unspecified atom stereocenters. The molecule has 4 aromatic heterocycles. The lowest BCUT2D eigenvalue weighted by Crippen LogP contribution is -2.40. The first-order chi connectivity index (χ1) is 17.5. The Kier molecular flexibility index (Phi) is 7.00. The number of likely N-dealkylation sites (tertiary alicyclic amines) is 1. The second-order valence-electron chi connectivity index (χ2n) is 9.95. The molecule has 4 aromatic rings. The van der Waals surface area contributed by atoms with Crippen molar-refractivity contribution in [1.82, 2.24) is 39.7 Å². The molecule has 1 N–H and O–H groups in total. The number of rotatable bonds is 8. The molecular weight excluding hydrogens is 452 g/mol. The topological polar surface area (TPSA) is 97.1 Å². The molecule has 0 aromatic carbocycles. The van der Waals surface area contributed by atoms with E-state index in [0.717, 1.165) is 59.8 Å². The molecular formula is C27H36N8O. The first-order valence-corrected chi connectivity index (χ1v) is 13.1. The van der Waals surface area contributed by atoms with E-state index >= 15 is 0 Å². The molecule has 0 saturated carbocycles. The number of pyridine rings is 1. The van der Waals surface area contributed by atoms with Gasteiger partial charge >= 0.3 is 0 Å². The smallest absolute Gasteiger partial charge is 0.197 e. The van der Waals surface area contributed by atoms with Crippen LogP contribution in [0.25, 0.3) is 28.3 Å². The molecule has 5 rings (SSSR count). The predicted molar refractivity (Wildman–Crippen MR) is 140 cm³/mol. The van der Waals surface area contributed by atoms with Crippen LogP contribution < -0.4 is 4.74 Å². The lowest BCUT2D eigenvalue weighted by atomic mass is 9.92. The van der Waals surface area contributed by atoms with Gasteiger partial charge in [-0.1, -0.05) is 27.7 Å². The van der Waals surface area contributed by atoms with E-state index in [1.165, 1.54) is 19.2 Å². The first-order valence-electron chi connectivity index (χ1n) is 13.1. The van der Waals surface area contributed by atoms with Gasteiger partial charge in [-0.25, -0.2) is 9.50 Å². The van der Waals surface area contributed by atoms with E-state index in [9.17, 15) is 0 Å². The normalized spacial score (nSPS) is 15.4. The maximum Gasteiger partial charge on any atom is 0.197 e. The summed E-state index contributed by atoms with van der Waals surface area (Å²) in [5.74, 6) is 1.35. The van der Waals surface area contributed by atoms with Crippen molar-refractivity contribution in [3.05, 3.63) is 42.2 Å². The van der Waals surface area contributed by atoms with Crippen LogP contribution in [0.4, 0.5) is 0 Å². The fourth-order valence-corrected chi connectivity index (χ4v) is 5.55.